The standard InChI is InChI=1S/C33H40F3N5O3.2ClH/c1-3-40(4-2)31(44)25-19-27(41-16-15-37-20-28(25)41)30(43)39-26(17-22-9-6-5-7-10-22)29(42)21-38-32(13-14-32)23-11-8-12-24(18-23)33(34,35)36;;/h5-12,18-19,26,29,37-38,42H,3-4,13-17,20-21H2,1-2H3,(H,39,43);2*1H/t26-,29+;;/m0../s1. The molecule has 0 spiro atoms. The molecule has 1 aromatic heterocycles. The Hall–Kier alpha value is -3.09. The predicted molar refractivity (Wildman–Crippen MR) is 176 cm³/mol. The highest BCUT2D eigenvalue weighted by Crippen LogP contribution is 2.46. The molecular formula is C33H42Cl2F3N5O3. The Morgan fingerprint density at radius 3 is 2.37 bits per heavy atom. The molecule has 1 fully saturated rings. The highest BCUT2D eigenvalue weighted by Gasteiger charge is 2.45. The molecule has 3 aromatic rings. The highest BCUT2D eigenvalue weighted by atomic mass is 35.5. The quantitative estimate of drug-likeness (QED) is 0.217. The number of aliphatic hydroxyl groups excluding tert-OH is 1. The van der Waals surface area contributed by atoms with Crippen LogP contribution in [0.4, 0.5) is 13.2 Å². The Morgan fingerprint density at radius 1 is 1.04 bits per heavy atom. The van der Waals surface area contributed by atoms with Gasteiger partial charge in [0.25, 0.3) is 11.8 Å². The number of amides is 2. The molecule has 1 aliphatic carbocycles. The van der Waals surface area contributed by atoms with Crippen molar-refractivity contribution >= 4 is 36.6 Å². The molecule has 0 saturated heterocycles. The van der Waals surface area contributed by atoms with Crippen molar-refractivity contribution in [2.75, 3.05) is 26.2 Å². The number of aliphatic hydroxyl groups is 1. The third-order valence-electron chi connectivity index (χ3n) is 8.75. The summed E-state index contributed by atoms with van der Waals surface area (Å²) in [5.41, 5.74) is 1.69. The number of nitrogens with one attached hydrogen (secondary N) is 3. The monoisotopic (exact) mass is 683 g/mol. The van der Waals surface area contributed by atoms with Gasteiger partial charge in [-0.25, -0.2) is 0 Å². The normalized spacial score (nSPS) is 16.2. The zero-order valence-electron chi connectivity index (χ0n) is 25.9. The van der Waals surface area contributed by atoms with E-state index in [1.807, 2.05) is 48.7 Å². The van der Waals surface area contributed by atoms with E-state index in [9.17, 15) is 27.9 Å². The third kappa shape index (κ3) is 8.24. The fourth-order valence-electron chi connectivity index (χ4n) is 6.01. The molecule has 2 atom stereocenters. The summed E-state index contributed by atoms with van der Waals surface area (Å²) in [6.07, 6.45) is -3.86. The second kappa shape index (κ2) is 15.7. The van der Waals surface area contributed by atoms with Crippen molar-refractivity contribution in [1.82, 2.24) is 25.4 Å². The molecular weight excluding hydrogens is 642 g/mol. The number of benzene rings is 2. The summed E-state index contributed by atoms with van der Waals surface area (Å²) in [7, 11) is 0. The lowest BCUT2D eigenvalue weighted by molar-refractivity contribution is -0.137. The predicted octanol–water partition coefficient (Wildman–Crippen LogP) is 4.92. The Balaban J connectivity index is 0.00000288. The average molecular weight is 685 g/mol. The molecule has 2 aromatic carbocycles. The van der Waals surface area contributed by atoms with E-state index in [2.05, 4.69) is 16.0 Å². The molecule has 4 N–H and O–H groups in total. The summed E-state index contributed by atoms with van der Waals surface area (Å²) < 4.78 is 42.0. The van der Waals surface area contributed by atoms with Crippen LogP contribution in [0.5, 0.6) is 0 Å². The van der Waals surface area contributed by atoms with Gasteiger partial charge < -0.3 is 30.5 Å². The summed E-state index contributed by atoms with van der Waals surface area (Å²) in [5, 5.41) is 21.0. The van der Waals surface area contributed by atoms with E-state index in [4.69, 9.17) is 0 Å². The van der Waals surface area contributed by atoms with Gasteiger partial charge in [-0.3, -0.25) is 9.59 Å². The lowest BCUT2D eigenvalue weighted by atomic mass is 9.98. The SMILES string of the molecule is CCN(CC)C(=O)c1cc(C(=O)N[C@@H](Cc2ccccc2)[C@H](O)CNC2(c3cccc(C(F)(F)F)c3)CC2)n2c1CNCC2.Cl.Cl. The van der Waals surface area contributed by atoms with E-state index in [0.29, 0.717) is 68.8 Å². The van der Waals surface area contributed by atoms with Gasteiger partial charge in [0, 0.05) is 50.5 Å². The third-order valence-corrected chi connectivity index (χ3v) is 8.75. The van der Waals surface area contributed by atoms with Crippen molar-refractivity contribution in [3.8, 4) is 0 Å². The molecule has 46 heavy (non-hydrogen) atoms. The van der Waals surface area contributed by atoms with Crippen molar-refractivity contribution < 1.29 is 27.9 Å². The van der Waals surface area contributed by atoms with Crippen LogP contribution in [0, 0.1) is 0 Å². The van der Waals surface area contributed by atoms with Crippen LogP contribution in [-0.4, -0.2) is 64.7 Å². The molecule has 0 bridgehead atoms. The van der Waals surface area contributed by atoms with Crippen LogP contribution in [0.15, 0.2) is 60.7 Å². The molecule has 13 heteroatoms. The lowest BCUT2D eigenvalue weighted by Gasteiger charge is -2.28. The number of hydrogen-bond acceptors (Lipinski definition) is 5. The van der Waals surface area contributed by atoms with Gasteiger partial charge in [-0.05, 0) is 62.4 Å². The van der Waals surface area contributed by atoms with Crippen LogP contribution in [0.25, 0.3) is 0 Å². The van der Waals surface area contributed by atoms with Crippen molar-refractivity contribution in [2.24, 2.45) is 0 Å². The fraction of sp³-hybridized carbons (Fsp3) is 0.455. The first-order chi connectivity index (χ1) is 21.1. The first kappa shape index (κ1) is 37.4. The first-order valence-electron chi connectivity index (χ1n) is 15.2. The maximum absolute atomic E-state index is 13.8. The second-order valence-electron chi connectivity index (χ2n) is 11.6. The Morgan fingerprint density at radius 2 is 1.74 bits per heavy atom. The molecule has 1 saturated carbocycles. The number of hydrogen-bond donors (Lipinski definition) is 4. The number of carbonyl (C=O) groups excluding carboxylic acids is 2. The van der Waals surface area contributed by atoms with E-state index >= 15 is 0 Å². The van der Waals surface area contributed by atoms with Gasteiger partial charge in [-0.2, -0.15) is 13.2 Å². The minimum Gasteiger partial charge on any atom is -0.390 e. The minimum absolute atomic E-state index is 0. The second-order valence-corrected chi connectivity index (χ2v) is 11.6. The van der Waals surface area contributed by atoms with Gasteiger partial charge in [0.15, 0.2) is 0 Å². The summed E-state index contributed by atoms with van der Waals surface area (Å²) in [6, 6.07) is 15.7. The minimum atomic E-state index is -4.44. The van der Waals surface area contributed by atoms with Crippen LogP contribution >= 0.6 is 24.8 Å². The number of aromatic nitrogens is 1. The number of rotatable bonds is 12. The number of alkyl halides is 3. The van der Waals surface area contributed by atoms with Gasteiger partial charge in [-0.15, -0.1) is 24.8 Å². The molecule has 2 aliphatic rings. The smallest absolute Gasteiger partial charge is 0.390 e. The molecule has 1 aliphatic heterocycles. The van der Waals surface area contributed by atoms with Crippen LogP contribution in [0.3, 0.4) is 0 Å². The maximum atomic E-state index is 13.8. The molecule has 8 nitrogen and oxygen atoms in total. The summed E-state index contributed by atoms with van der Waals surface area (Å²) in [5.74, 6) is -0.526. The average Bonchev–Trinajstić information content (AvgIpc) is 3.72. The Kier molecular flexibility index (Phi) is 12.7. The first-order valence-corrected chi connectivity index (χ1v) is 15.2. The molecule has 252 valence electrons. The van der Waals surface area contributed by atoms with Crippen LogP contribution < -0.4 is 16.0 Å². The van der Waals surface area contributed by atoms with Crippen molar-refractivity contribution in [3.05, 3.63) is 94.3 Å². The van der Waals surface area contributed by atoms with Gasteiger partial charge in [-0.1, -0.05) is 42.5 Å². The summed E-state index contributed by atoms with van der Waals surface area (Å²) >= 11 is 0. The maximum Gasteiger partial charge on any atom is 0.416 e. The molecule has 2 amide bonds. The molecule has 5 rings (SSSR count). The van der Waals surface area contributed by atoms with Gasteiger partial charge in [0.1, 0.15) is 5.69 Å². The zero-order valence-corrected chi connectivity index (χ0v) is 27.5. The largest absolute Gasteiger partial charge is 0.416 e. The Bertz CT molecular complexity index is 1480. The highest BCUT2D eigenvalue weighted by molar-refractivity contribution is 6.00. The van der Waals surface area contributed by atoms with Gasteiger partial charge in [0.2, 0.25) is 0 Å². The van der Waals surface area contributed by atoms with Crippen LogP contribution in [0.2, 0.25) is 0 Å². The summed E-state index contributed by atoms with van der Waals surface area (Å²) in [4.78, 5) is 28.8. The van der Waals surface area contributed by atoms with Crippen molar-refractivity contribution in [1.29, 1.82) is 0 Å². The van der Waals surface area contributed by atoms with E-state index in [1.54, 1.807) is 17.0 Å². The Labute approximate surface area is 279 Å². The number of fused-ring (bicyclic) bond motifs is 1. The zero-order chi connectivity index (χ0) is 31.5. The van der Waals surface area contributed by atoms with E-state index < -0.39 is 35.3 Å². The molecule has 2 heterocycles. The summed E-state index contributed by atoms with van der Waals surface area (Å²) in [6.45, 7) is 6.64. The van der Waals surface area contributed by atoms with E-state index in [1.165, 1.54) is 6.07 Å². The topological polar surface area (TPSA) is 98.6 Å². The number of halogens is 5. The number of carbonyl (C=O) groups is 2. The van der Waals surface area contributed by atoms with Crippen molar-refractivity contribution in [3.63, 3.8) is 0 Å². The lowest BCUT2D eigenvalue weighted by Crippen LogP contribution is -2.50. The van der Waals surface area contributed by atoms with Gasteiger partial charge >= 0.3 is 6.18 Å². The van der Waals surface area contributed by atoms with Crippen LogP contribution in [-0.2, 0) is 31.2 Å². The fourth-order valence-corrected chi connectivity index (χ4v) is 6.01. The molecule has 0 unspecified atom stereocenters. The van der Waals surface area contributed by atoms with Crippen LogP contribution in [0.1, 0.15) is 69.9 Å². The van der Waals surface area contributed by atoms with Gasteiger partial charge in [0.05, 0.1) is 23.3 Å². The van der Waals surface area contributed by atoms with E-state index in [-0.39, 0.29) is 37.3 Å². The molecule has 0 radical (unpaired) electrons. The van der Waals surface area contributed by atoms with Crippen molar-refractivity contribution in [2.45, 2.75) is 70.1 Å². The van der Waals surface area contributed by atoms with E-state index in [0.717, 1.165) is 23.4 Å². The number of nitrogens with zero attached hydrogens (tertiary/aromatic N) is 2.